The summed E-state index contributed by atoms with van der Waals surface area (Å²) >= 11 is 0. The smallest absolute Gasteiger partial charge is 0.0547 e. The summed E-state index contributed by atoms with van der Waals surface area (Å²) in [6.45, 7) is 0. The van der Waals surface area contributed by atoms with Gasteiger partial charge >= 0.3 is 0 Å². The lowest BCUT2D eigenvalue weighted by Gasteiger charge is -2.16. The van der Waals surface area contributed by atoms with Gasteiger partial charge in [0.1, 0.15) is 0 Å². The van der Waals surface area contributed by atoms with Crippen molar-refractivity contribution in [1.29, 1.82) is 0 Å². The molecule has 0 spiro atoms. The maximum absolute atomic E-state index is 2.49. The molecule has 0 radical (unpaired) electrons. The van der Waals surface area contributed by atoms with E-state index in [0.717, 1.165) is 0 Å². The predicted molar refractivity (Wildman–Crippen MR) is 510 cm³/mol. The van der Waals surface area contributed by atoms with E-state index in [1.165, 1.54) is 263 Å². The molecule has 2 aliphatic carbocycles. The molecule has 0 fully saturated rings. The zero-order valence-electron chi connectivity index (χ0n) is 65.0. The van der Waals surface area contributed by atoms with E-state index in [0.29, 0.717) is 0 Å². The minimum atomic E-state index is 1.20. The molecule has 120 heavy (non-hydrogen) atoms. The number of aromatic nitrogens is 4. The van der Waals surface area contributed by atoms with Gasteiger partial charge in [0.15, 0.2) is 0 Å². The largest absolute Gasteiger partial charge is 0.309 e. The summed E-state index contributed by atoms with van der Waals surface area (Å²) in [6.07, 6.45) is 0. The maximum Gasteiger partial charge on any atom is 0.0547 e. The van der Waals surface area contributed by atoms with Crippen molar-refractivity contribution >= 4 is 173 Å². The Morgan fingerprint density at radius 2 is 0.400 bits per heavy atom. The van der Waals surface area contributed by atoms with Gasteiger partial charge < -0.3 is 18.3 Å². The molecule has 0 unspecified atom stereocenters. The second-order valence-corrected chi connectivity index (χ2v) is 32.8. The van der Waals surface area contributed by atoms with Crippen molar-refractivity contribution in [1.82, 2.24) is 18.3 Å². The van der Waals surface area contributed by atoms with Crippen molar-refractivity contribution in [2.75, 3.05) is 0 Å². The SMILES string of the molecule is c1ccc2c(c1)-c1cccc3c(-n4c5ccccc5c5cc(-c6ccc7c(c6)c6ccccc6n7-c6cc7c8ccccc8ccc7c7ccccc67)ccc54)ccc-2c13.c1ccc2c(c1)-c1cccc3c(-n4c5ccccc5c5cc(-c6ccc7c(c6)c6ccccc6n7-c6cc7ccccc7c7c6ccc6ccccc67)ccc54)ccc-2c13. The fourth-order valence-corrected chi connectivity index (χ4v) is 21.7. The molecule has 0 N–H and O–H groups in total. The van der Waals surface area contributed by atoms with E-state index in [4.69, 9.17) is 0 Å². The minimum absolute atomic E-state index is 1.20. The van der Waals surface area contributed by atoms with Gasteiger partial charge in [-0.1, -0.05) is 315 Å². The number of rotatable bonds is 6. The molecule has 552 valence electrons. The molecule has 28 rings (SSSR count). The van der Waals surface area contributed by atoms with Gasteiger partial charge in [-0.2, -0.15) is 0 Å². The van der Waals surface area contributed by atoms with E-state index >= 15 is 0 Å². The van der Waals surface area contributed by atoms with Crippen molar-refractivity contribution in [2.24, 2.45) is 0 Å². The van der Waals surface area contributed by atoms with Crippen LogP contribution in [0.1, 0.15) is 0 Å². The molecule has 4 heteroatoms. The van der Waals surface area contributed by atoms with Crippen molar-refractivity contribution in [2.45, 2.75) is 0 Å². The average molecular weight is 1520 g/mol. The summed E-state index contributed by atoms with van der Waals surface area (Å²) in [7, 11) is 0. The molecule has 4 nitrogen and oxygen atoms in total. The molecule has 0 saturated carbocycles. The first-order valence-corrected chi connectivity index (χ1v) is 41.7. The lowest BCUT2D eigenvalue weighted by molar-refractivity contribution is 1.20. The van der Waals surface area contributed by atoms with Crippen LogP contribution in [0.3, 0.4) is 0 Å². The summed E-state index contributed by atoms with van der Waals surface area (Å²) in [4.78, 5) is 0. The molecule has 0 amide bonds. The minimum Gasteiger partial charge on any atom is -0.309 e. The number of nitrogens with zero attached hydrogens (tertiary/aromatic N) is 4. The van der Waals surface area contributed by atoms with E-state index in [1.54, 1.807) is 0 Å². The van der Waals surface area contributed by atoms with Gasteiger partial charge in [-0.3, -0.25) is 0 Å². The third-order valence-electron chi connectivity index (χ3n) is 26.8. The highest BCUT2D eigenvalue weighted by molar-refractivity contribution is 6.27. The summed E-state index contributed by atoms with van der Waals surface area (Å²) in [5, 5.41) is 30.5. The third-order valence-corrected chi connectivity index (χ3v) is 26.8. The van der Waals surface area contributed by atoms with Gasteiger partial charge in [-0.05, 0) is 228 Å². The highest BCUT2D eigenvalue weighted by atomic mass is 15.0. The summed E-state index contributed by atoms with van der Waals surface area (Å²) in [5.74, 6) is 0. The zero-order valence-corrected chi connectivity index (χ0v) is 65.0. The molecule has 2 aliphatic rings. The van der Waals surface area contributed by atoms with Crippen molar-refractivity contribution in [3.05, 3.63) is 413 Å². The van der Waals surface area contributed by atoms with Crippen LogP contribution in [0.25, 0.3) is 263 Å². The number of para-hydroxylation sites is 4. The standard InChI is InChI=1S/2C58H34N2/c1-3-14-39-35(12-1)24-27-48-56(34-38-13-2-4-15-40(38)57(39)48)60-52-23-10-8-19-44(52)50-33-37(26-30-55(50)60)36-25-29-54-49(32-36)43-18-7-9-22-51(43)59(54)53-31-28-46-42-17-6-5-16-41(42)45-20-11-21-47(53)58(45)46;1-2-13-38-35(12-1)24-27-42-39-14-5-6-17-43(39)57(34-49(38)42)60-53-23-10-8-19-45(53)51-33-37(26-30-56(51)60)36-25-29-55-50(32-36)44-18-7-9-22-52(44)59(55)54-31-28-47-41-16-4-3-15-40(41)46-20-11-21-48(54)58(46)47/h2*1-34H. The average Bonchev–Trinajstić information content (AvgIpc) is 1.56. The first kappa shape index (κ1) is 65.4. The van der Waals surface area contributed by atoms with Crippen LogP contribution in [0.15, 0.2) is 413 Å². The predicted octanol–water partition coefficient (Wildman–Crippen LogP) is 31.6. The molecular weight excluding hydrogens is 1450 g/mol. The second-order valence-electron chi connectivity index (χ2n) is 32.8. The molecule has 0 atom stereocenters. The van der Waals surface area contributed by atoms with Crippen LogP contribution in [-0.4, -0.2) is 18.3 Å². The molecule has 26 aromatic rings. The zero-order chi connectivity index (χ0) is 78.1. The van der Waals surface area contributed by atoms with Crippen LogP contribution >= 0.6 is 0 Å². The molecule has 0 bridgehead atoms. The topological polar surface area (TPSA) is 19.7 Å². The summed E-state index contributed by atoms with van der Waals surface area (Å²) < 4.78 is 9.94. The fraction of sp³-hybridized carbons (Fsp3) is 0. The van der Waals surface area contributed by atoms with E-state index < -0.39 is 0 Å². The van der Waals surface area contributed by atoms with Crippen LogP contribution in [0.2, 0.25) is 0 Å². The second kappa shape index (κ2) is 24.8. The van der Waals surface area contributed by atoms with E-state index in [1.807, 2.05) is 0 Å². The highest BCUT2D eigenvalue weighted by Gasteiger charge is 2.28. The highest BCUT2D eigenvalue weighted by Crippen LogP contribution is 2.53. The van der Waals surface area contributed by atoms with Crippen LogP contribution in [0.4, 0.5) is 0 Å². The van der Waals surface area contributed by atoms with Crippen LogP contribution in [0.5, 0.6) is 0 Å². The van der Waals surface area contributed by atoms with Gasteiger partial charge in [0.25, 0.3) is 0 Å². The molecule has 4 aromatic heterocycles. The van der Waals surface area contributed by atoms with E-state index in [9.17, 15) is 0 Å². The summed E-state index contributed by atoms with van der Waals surface area (Å²) in [5.41, 5.74) is 29.9. The Balaban J connectivity index is 0.000000127. The third kappa shape index (κ3) is 9.13. The Kier molecular flexibility index (Phi) is 13.5. The van der Waals surface area contributed by atoms with Gasteiger partial charge in [-0.15, -0.1) is 0 Å². The Morgan fingerprint density at radius 3 is 0.842 bits per heavy atom. The van der Waals surface area contributed by atoms with Gasteiger partial charge in [0, 0.05) is 64.6 Å². The summed E-state index contributed by atoms with van der Waals surface area (Å²) in [6, 6.07) is 154. The molecule has 0 aliphatic heterocycles. The lowest BCUT2D eigenvalue weighted by atomic mass is 9.95. The van der Waals surface area contributed by atoms with E-state index in [2.05, 4.69) is 431 Å². The number of hydrogen-bond donors (Lipinski definition) is 0. The van der Waals surface area contributed by atoms with Gasteiger partial charge in [0.2, 0.25) is 0 Å². The number of hydrogen-bond acceptors (Lipinski definition) is 0. The van der Waals surface area contributed by atoms with E-state index in [-0.39, 0.29) is 0 Å². The number of fused-ring (bicyclic) bond motifs is 28. The molecule has 0 saturated heterocycles. The lowest BCUT2D eigenvalue weighted by Crippen LogP contribution is -1.96. The first-order chi connectivity index (χ1) is 59.6. The van der Waals surface area contributed by atoms with Gasteiger partial charge in [-0.25, -0.2) is 0 Å². The first-order valence-electron chi connectivity index (χ1n) is 41.7. The van der Waals surface area contributed by atoms with Crippen LogP contribution in [0, 0.1) is 0 Å². The normalized spacial score (nSPS) is 12.3. The van der Waals surface area contributed by atoms with Crippen molar-refractivity contribution in [3.8, 4) is 89.5 Å². The number of benzene rings is 22. The Bertz CT molecular complexity index is 8620. The van der Waals surface area contributed by atoms with Crippen LogP contribution in [-0.2, 0) is 0 Å². The van der Waals surface area contributed by atoms with Crippen LogP contribution < -0.4 is 0 Å². The molecular formula is C116H68N4. The van der Waals surface area contributed by atoms with Gasteiger partial charge in [0.05, 0.1) is 66.9 Å². The van der Waals surface area contributed by atoms with Crippen molar-refractivity contribution in [3.63, 3.8) is 0 Å². The fourth-order valence-electron chi connectivity index (χ4n) is 21.7. The van der Waals surface area contributed by atoms with Crippen molar-refractivity contribution < 1.29 is 0 Å². The maximum atomic E-state index is 2.49. The molecule has 4 heterocycles. The Morgan fingerprint density at radius 1 is 0.117 bits per heavy atom. The monoisotopic (exact) mass is 1520 g/mol. The Labute approximate surface area is 689 Å². The molecule has 22 aromatic carbocycles. The quantitative estimate of drug-likeness (QED) is 0.148. The Hall–Kier alpha value is -15.9.